The van der Waals surface area contributed by atoms with Crippen molar-refractivity contribution in [1.82, 2.24) is 9.97 Å². The van der Waals surface area contributed by atoms with Gasteiger partial charge in [-0.1, -0.05) is 0 Å². The number of halogens is 1. The molecule has 1 amide bonds. The van der Waals surface area contributed by atoms with Crippen molar-refractivity contribution in [3.05, 3.63) is 30.2 Å². The van der Waals surface area contributed by atoms with Crippen LogP contribution in [0.25, 0.3) is 11.3 Å². The van der Waals surface area contributed by atoms with Crippen LogP contribution in [0.1, 0.15) is 0 Å². The van der Waals surface area contributed by atoms with Gasteiger partial charge in [0.25, 0.3) is 0 Å². The van der Waals surface area contributed by atoms with E-state index in [0.717, 1.165) is 0 Å². The lowest BCUT2D eigenvalue weighted by Crippen LogP contribution is -2.16. The highest BCUT2D eigenvalue weighted by Gasteiger charge is 2.10. The zero-order valence-corrected chi connectivity index (χ0v) is 8.61. The Hall–Kier alpha value is -2.57. The van der Waals surface area contributed by atoms with Crippen LogP contribution in [-0.2, 0) is 0 Å². The molecule has 88 valence electrons. The number of nitrogens with two attached hydrogens (primary N) is 2. The van der Waals surface area contributed by atoms with Gasteiger partial charge >= 0.3 is 12.1 Å². The summed E-state index contributed by atoms with van der Waals surface area (Å²) in [4.78, 5) is 16.8. The van der Waals surface area contributed by atoms with E-state index >= 15 is 0 Å². The van der Waals surface area contributed by atoms with Crippen LogP contribution in [0.3, 0.4) is 0 Å². The summed E-state index contributed by atoms with van der Waals surface area (Å²) >= 11 is 0. The first-order valence-corrected chi connectivity index (χ1v) is 4.64. The quantitative estimate of drug-likeness (QED) is 0.682. The second-order valence-electron chi connectivity index (χ2n) is 3.26. The summed E-state index contributed by atoms with van der Waals surface area (Å²) in [5.41, 5.74) is 11.3. The molecule has 0 radical (unpaired) electrons. The van der Waals surface area contributed by atoms with Crippen molar-refractivity contribution in [2.24, 2.45) is 5.73 Å². The fourth-order valence-corrected chi connectivity index (χ4v) is 1.34. The number of amides is 1. The molecule has 0 aliphatic carbocycles. The highest BCUT2D eigenvalue weighted by Crippen LogP contribution is 2.24. The smallest absolute Gasteiger partial charge is 0.399 e. The molecule has 0 saturated carbocycles. The van der Waals surface area contributed by atoms with E-state index in [4.69, 9.17) is 11.5 Å². The van der Waals surface area contributed by atoms with Gasteiger partial charge in [0, 0.05) is 11.3 Å². The van der Waals surface area contributed by atoms with Gasteiger partial charge in [-0.05, 0) is 18.2 Å². The summed E-state index contributed by atoms with van der Waals surface area (Å²) in [6, 6.07) is 4.02. The van der Waals surface area contributed by atoms with E-state index in [-0.39, 0.29) is 11.6 Å². The summed E-state index contributed by atoms with van der Waals surface area (Å²) in [6.45, 7) is 0. The Kier molecular flexibility index (Phi) is 2.65. The van der Waals surface area contributed by atoms with Crippen molar-refractivity contribution in [1.29, 1.82) is 0 Å². The van der Waals surface area contributed by atoms with Gasteiger partial charge in [-0.2, -0.15) is 0 Å². The van der Waals surface area contributed by atoms with Gasteiger partial charge in [-0.15, -0.1) is 0 Å². The maximum Gasteiger partial charge on any atom is 0.412 e. The maximum absolute atomic E-state index is 13.5. The van der Waals surface area contributed by atoms with Gasteiger partial charge in [0.1, 0.15) is 5.82 Å². The molecule has 0 bridgehead atoms. The number of hydrogen-bond acceptors (Lipinski definition) is 4. The van der Waals surface area contributed by atoms with Crippen molar-refractivity contribution >= 4 is 11.8 Å². The highest BCUT2D eigenvalue weighted by atomic mass is 19.1. The molecule has 0 atom stereocenters. The number of nitrogen functional groups attached to an aromatic ring is 1. The fraction of sp³-hybridized carbons (Fsp3) is 0. The third-order valence-corrected chi connectivity index (χ3v) is 2.03. The Morgan fingerprint density at radius 1 is 1.47 bits per heavy atom. The van der Waals surface area contributed by atoms with Crippen molar-refractivity contribution in [3.63, 3.8) is 0 Å². The van der Waals surface area contributed by atoms with E-state index in [0.29, 0.717) is 11.4 Å². The average Bonchev–Trinajstić information content (AvgIpc) is 2.69. The van der Waals surface area contributed by atoms with E-state index in [2.05, 4.69) is 14.7 Å². The molecule has 0 fully saturated rings. The number of hydrogen-bond donors (Lipinski definition) is 3. The van der Waals surface area contributed by atoms with Gasteiger partial charge in [-0.3, -0.25) is 0 Å². The van der Waals surface area contributed by atoms with E-state index in [9.17, 15) is 9.18 Å². The molecular weight excluding hydrogens is 227 g/mol. The number of benzene rings is 1. The number of nitrogens with zero attached hydrogens (tertiary/aromatic N) is 1. The number of primary amides is 1. The Balaban J connectivity index is 2.36. The number of nitrogens with one attached hydrogen (secondary N) is 1. The monoisotopic (exact) mass is 236 g/mol. The first-order valence-electron chi connectivity index (χ1n) is 4.64. The summed E-state index contributed by atoms with van der Waals surface area (Å²) in [7, 11) is 0. The molecule has 1 heterocycles. The minimum Gasteiger partial charge on any atom is -0.399 e. The molecule has 17 heavy (non-hydrogen) atoms. The van der Waals surface area contributed by atoms with Crippen LogP contribution in [0.15, 0.2) is 24.4 Å². The number of anilines is 1. The van der Waals surface area contributed by atoms with E-state index in [1.54, 1.807) is 0 Å². The Bertz CT molecular complexity index is 567. The number of carbonyl (C=O) groups is 1. The van der Waals surface area contributed by atoms with Crippen LogP contribution in [0, 0.1) is 5.82 Å². The largest absolute Gasteiger partial charge is 0.412 e. The van der Waals surface area contributed by atoms with Crippen LogP contribution in [0.5, 0.6) is 6.01 Å². The summed E-state index contributed by atoms with van der Waals surface area (Å²) in [5.74, 6) is -0.464. The molecule has 6 nitrogen and oxygen atoms in total. The summed E-state index contributed by atoms with van der Waals surface area (Å²) in [5, 5.41) is 0. The molecule has 2 rings (SSSR count). The molecule has 0 saturated heterocycles. The second kappa shape index (κ2) is 4.12. The van der Waals surface area contributed by atoms with Crippen molar-refractivity contribution < 1.29 is 13.9 Å². The standard InChI is InChI=1S/C10H9FN4O2/c11-7-2-1-5(12)3-6(7)8-4-14-10(15-8)17-9(13)16/h1-4H,12H2,(H2,13,16)(H,14,15). The highest BCUT2D eigenvalue weighted by molar-refractivity contribution is 5.68. The predicted octanol–water partition coefficient (Wildman–Crippen LogP) is 1.26. The minimum atomic E-state index is -1.00. The normalized spacial score (nSPS) is 10.2. The molecule has 0 unspecified atom stereocenters. The maximum atomic E-state index is 13.5. The fourth-order valence-electron chi connectivity index (χ4n) is 1.34. The van der Waals surface area contributed by atoms with E-state index < -0.39 is 11.9 Å². The van der Waals surface area contributed by atoms with Crippen molar-refractivity contribution in [2.75, 3.05) is 5.73 Å². The van der Waals surface area contributed by atoms with Crippen LogP contribution in [0.4, 0.5) is 14.9 Å². The van der Waals surface area contributed by atoms with Crippen LogP contribution in [0.2, 0.25) is 0 Å². The first-order chi connectivity index (χ1) is 8.06. The third-order valence-electron chi connectivity index (χ3n) is 2.03. The van der Waals surface area contributed by atoms with Crippen molar-refractivity contribution in [2.45, 2.75) is 0 Å². The summed E-state index contributed by atoms with van der Waals surface area (Å²) in [6.07, 6.45) is 0.315. The SMILES string of the molecule is NC(=O)Oc1ncc(-c2cc(N)ccc2F)[nH]1. The van der Waals surface area contributed by atoms with E-state index in [1.165, 1.54) is 24.4 Å². The molecule has 1 aromatic carbocycles. The first kappa shape index (κ1) is 10.9. The molecule has 1 aromatic heterocycles. The average molecular weight is 236 g/mol. The molecule has 2 aromatic rings. The zero-order chi connectivity index (χ0) is 12.4. The van der Waals surface area contributed by atoms with Crippen LogP contribution >= 0.6 is 0 Å². The van der Waals surface area contributed by atoms with Crippen LogP contribution < -0.4 is 16.2 Å². The molecule has 0 aliphatic rings. The summed E-state index contributed by atoms with van der Waals surface area (Å²) < 4.78 is 18.0. The van der Waals surface area contributed by atoms with Gasteiger partial charge in [0.15, 0.2) is 0 Å². The number of H-pyrrole nitrogens is 1. The Morgan fingerprint density at radius 3 is 2.94 bits per heavy atom. The number of imidazole rings is 1. The lowest BCUT2D eigenvalue weighted by Gasteiger charge is -2.01. The lowest BCUT2D eigenvalue weighted by atomic mass is 10.1. The number of ether oxygens (including phenoxy) is 1. The van der Waals surface area contributed by atoms with Gasteiger partial charge in [-0.25, -0.2) is 14.2 Å². The van der Waals surface area contributed by atoms with Crippen molar-refractivity contribution in [3.8, 4) is 17.3 Å². The Labute approximate surface area is 95.4 Å². The molecular formula is C10H9FN4O2. The predicted molar refractivity (Wildman–Crippen MR) is 58.6 cm³/mol. The molecule has 7 heteroatoms. The number of aromatic nitrogens is 2. The third kappa shape index (κ3) is 2.33. The minimum absolute atomic E-state index is 0.102. The topological polar surface area (TPSA) is 107 Å². The van der Waals surface area contributed by atoms with Gasteiger partial charge < -0.3 is 21.2 Å². The number of carbonyl (C=O) groups excluding carboxylic acids is 1. The van der Waals surface area contributed by atoms with Crippen LogP contribution in [-0.4, -0.2) is 16.1 Å². The second-order valence-corrected chi connectivity index (χ2v) is 3.26. The number of rotatable bonds is 2. The Morgan fingerprint density at radius 2 is 2.24 bits per heavy atom. The molecule has 0 spiro atoms. The molecule has 0 aliphatic heterocycles. The molecule has 5 N–H and O–H groups in total. The zero-order valence-electron chi connectivity index (χ0n) is 8.61. The lowest BCUT2D eigenvalue weighted by molar-refractivity contribution is 0.207. The van der Waals surface area contributed by atoms with Gasteiger partial charge in [0.2, 0.25) is 0 Å². The number of aromatic amines is 1. The van der Waals surface area contributed by atoms with E-state index in [1.807, 2.05) is 0 Å². The van der Waals surface area contributed by atoms with Gasteiger partial charge in [0.05, 0.1) is 11.9 Å².